The van der Waals surface area contributed by atoms with Crippen LogP contribution in [0.5, 0.6) is 0 Å². The molecule has 0 spiro atoms. The van der Waals surface area contributed by atoms with Crippen LogP contribution in [-0.4, -0.2) is 23.7 Å². The molecule has 0 amide bonds. The summed E-state index contributed by atoms with van der Waals surface area (Å²) in [5, 5.41) is 9.43. The molecule has 0 unspecified atom stereocenters. The topological polar surface area (TPSA) is 40.5 Å². The highest BCUT2D eigenvalue weighted by Gasteiger charge is 2.13. The van der Waals surface area contributed by atoms with Gasteiger partial charge < -0.3 is 10.0 Å². The summed E-state index contributed by atoms with van der Waals surface area (Å²) in [7, 11) is 0. The van der Waals surface area contributed by atoms with E-state index in [1.165, 1.54) is 0 Å². The standard InChI is InChI=1S/C11H14ClNO2/c1-8(2)13(7-11(14)15)10-5-3-9(12)4-6-10/h3-6,8H,7H2,1-2H3,(H,14,15). The molecule has 15 heavy (non-hydrogen) atoms. The predicted molar refractivity (Wildman–Crippen MR) is 61.6 cm³/mol. The first-order chi connectivity index (χ1) is 7.00. The number of carbonyl (C=O) groups is 1. The van der Waals surface area contributed by atoms with Gasteiger partial charge in [0.25, 0.3) is 0 Å². The van der Waals surface area contributed by atoms with Gasteiger partial charge in [0.2, 0.25) is 0 Å². The molecule has 0 saturated heterocycles. The van der Waals surface area contributed by atoms with Crippen molar-refractivity contribution in [2.75, 3.05) is 11.4 Å². The summed E-state index contributed by atoms with van der Waals surface area (Å²) >= 11 is 5.77. The predicted octanol–water partition coefficient (Wildman–Crippen LogP) is 2.64. The first kappa shape index (κ1) is 11.9. The van der Waals surface area contributed by atoms with Crippen molar-refractivity contribution in [1.82, 2.24) is 0 Å². The molecule has 1 N–H and O–H groups in total. The van der Waals surface area contributed by atoms with E-state index in [1.807, 2.05) is 26.0 Å². The third kappa shape index (κ3) is 3.44. The van der Waals surface area contributed by atoms with Gasteiger partial charge in [-0.2, -0.15) is 0 Å². The summed E-state index contributed by atoms with van der Waals surface area (Å²) in [5.41, 5.74) is 0.872. The molecule has 0 aliphatic heterocycles. The summed E-state index contributed by atoms with van der Waals surface area (Å²) in [6.45, 7) is 3.91. The highest BCUT2D eigenvalue weighted by Crippen LogP contribution is 2.19. The second-order valence-corrected chi connectivity index (χ2v) is 4.03. The van der Waals surface area contributed by atoms with Crippen LogP contribution in [-0.2, 0) is 4.79 Å². The third-order valence-electron chi connectivity index (χ3n) is 2.09. The lowest BCUT2D eigenvalue weighted by molar-refractivity contribution is -0.135. The Morgan fingerprint density at radius 1 is 1.40 bits per heavy atom. The Morgan fingerprint density at radius 3 is 2.33 bits per heavy atom. The van der Waals surface area contributed by atoms with Crippen LogP contribution in [0.1, 0.15) is 13.8 Å². The Labute approximate surface area is 94.3 Å². The Kier molecular flexibility index (Phi) is 3.97. The first-order valence-electron chi connectivity index (χ1n) is 4.74. The van der Waals surface area contributed by atoms with Crippen LogP contribution in [0.4, 0.5) is 5.69 Å². The van der Waals surface area contributed by atoms with Crippen molar-refractivity contribution in [2.24, 2.45) is 0 Å². The third-order valence-corrected chi connectivity index (χ3v) is 2.34. The van der Waals surface area contributed by atoms with Gasteiger partial charge in [0, 0.05) is 16.8 Å². The number of nitrogens with zero attached hydrogens (tertiary/aromatic N) is 1. The molecule has 0 fully saturated rings. The maximum atomic E-state index is 10.7. The number of rotatable bonds is 4. The highest BCUT2D eigenvalue weighted by molar-refractivity contribution is 6.30. The van der Waals surface area contributed by atoms with E-state index < -0.39 is 5.97 Å². The molecule has 0 bridgehead atoms. The van der Waals surface area contributed by atoms with Crippen LogP contribution in [0.3, 0.4) is 0 Å². The van der Waals surface area contributed by atoms with Gasteiger partial charge in [-0.3, -0.25) is 4.79 Å². The smallest absolute Gasteiger partial charge is 0.323 e. The average molecular weight is 228 g/mol. The van der Waals surface area contributed by atoms with E-state index in [4.69, 9.17) is 16.7 Å². The molecular formula is C11H14ClNO2. The van der Waals surface area contributed by atoms with Crippen molar-refractivity contribution in [2.45, 2.75) is 19.9 Å². The minimum atomic E-state index is -0.835. The number of carboxylic acid groups (broad SMARTS) is 1. The van der Waals surface area contributed by atoms with Gasteiger partial charge in [-0.1, -0.05) is 11.6 Å². The second kappa shape index (κ2) is 5.03. The fourth-order valence-electron chi connectivity index (χ4n) is 1.35. The number of aliphatic carboxylic acids is 1. The van der Waals surface area contributed by atoms with Crippen molar-refractivity contribution in [3.05, 3.63) is 29.3 Å². The number of anilines is 1. The van der Waals surface area contributed by atoms with Crippen LogP contribution in [0.15, 0.2) is 24.3 Å². The Bertz CT molecular complexity index is 335. The number of hydrogen-bond donors (Lipinski definition) is 1. The molecule has 0 saturated carbocycles. The van der Waals surface area contributed by atoms with Crippen molar-refractivity contribution < 1.29 is 9.90 Å². The number of carboxylic acids is 1. The summed E-state index contributed by atoms with van der Waals surface area (Å²) in [6, 6.07) is 7.31. The van der Waals surface area contributed by atoms with Gasteiger partial charge in [-0.15, -0.1) is 0 Å². The van der Waals surface area contributed by atoms with E-state index in [0.717, 1.165) is 5.69 Å². The van der Waals surface area contributed by atoms with E-state index in [9.17, 15) is 4.79 Å². The number of halogens is 1. The average Bonchev–Trinajstić information content (AvgIpc) is 2.15. The zero-order chi connectivity index (χ0) is 11.4. The Balaban J connectivity index is 2.88. The number of benzene rings is 1. The number of hydrogen-bond acceptors (Lipinski definition) is 2. The second-order valence-electron chi connectivity index (χ2n) is 3.59. The molecule has 1 aromatic carbocycles. The summed E-state index contributed by atoms with van der Waals surface area (Å²) in [6.07, 6.45) is 0. The van der Waals surface area contributed by atoms with E-state index in [1.54, 1.807) is 17.0 Å². The lowest BCUT2D eigenvalue weighted by Gasteiger charge is -2.27. The molecule has 0 aliphatic carbocycles. The summed E-state index contributed by atoms with van der Waals surface area (Å²) in [4.78, 5) is 12.5. The quantitative estimate of drug-likeness (QED) is 0.860. The molecule has 0 heterocycles. The van der Waals surface area contributed by atoms with Gasteiger partial charge >= 0.3 is 5.97 Å². The fourth-order valence-corrected chi connectivity index (χ4v) is 1.48. The van der Waals surface area contributed by atoms with Crippen LogP contribution >= 0.6 is 11.6 Å². The fraction of sp³-hybridized carbons (Fsp3) is 0.364. The molecule has 0 atom stereocenters. The molecular weight excluding hydrogens is 214 g/mol. The SMILES string of the molecule is CC(C)N(CC(=O)O)c1ccc(Cl)cc1. The molecule has 0 radical (unpaired) electrons. The van der Waals surface area contributed by atoms with Gasteiger partial charge in [0.1, 0.15) is 6.54 Å². The maximum Gasteiger partial charge on any atom is 0.323 e. The maximum absolute atomic E-state index is 10.7. The zero-order valence-corrected chi connectivity index (χ0v) is 9.53. The van der Waals surface area contributed by atoms with E-state index in [2.05, 4.69) is 0 Å². The van der Waals surface area contributed by atoms with E-state index in [0.29, 0.717) is 5.02 Å². The van der Waals surface area contributed by atoms with E-state index >= 15 is 0 Å². The van der Waals surface area contributed by atoms with Gasteiger partial charge in [-0.25, -0.2) is 0 Å². The van der Waals surface area contributed by atoms with Gasteiger partial charge in [-0.05, 0) is 38.1 Å². The largest absolute Gasteiger partial charge is 0.480 e. The first-order valence-corrected chi connectivity index (χ1v) is 5.12. The van der Waals surface area contributed by atoms with Crippen LogP contribution in [0.25, 0.3) is 0 Å². The molecule has 0 aliphatic rings. The van der Waals surface area contributed by atoms with Crippen molar-refractivity contribution in [1.29, 1.82) is 0 Å². The summed E-state index contributed by atoms with van der Waals surface area (Å²) < 4.78 is 0. The lowest BCUT2D eigenvalue weighted by Crippen LogP contribution is -2.35. The lowest BCUT2D eigenvalue weighted by atomic mass is 10.2. The highest BCUT2D eigenvalue weighted by atomic mass is 35.5. The Morgan fingerprint density at radius 2 is 1.93 bits per heavy atom. The normalized spacial score (nSPS) is 10.4. The minimum absolute atomic E-state index is 0.000695. The van der Waals surface area contributed by atoms with Crippen molar-refractivity contribution in [3.63, 3.8) is 0 Å². The molecule has 1 aromatic rings. The van der Waals surface area contributed by atoms with Gasteiger partial charge in [0.15, 0.2) is 0 Å². The van der Waals surface area contributed by atoms with Gasteiger partial charge in [0.05, 0.1) is 0 Å². The molecule has 0 aromatic heterocycles. The van der Waals surface area contributed by atoms with Crippen LogP contribution < -0.4 is 4.90 Å². The summed E-state index contributed by atoms with van der Waals surface area (Å²) in [5.74, 6) is -0.835. The van der Waals surface area contributed by atoms with E-state index in [-0.39, 0.29) is 12.6 Å². The Hall–Kier alpha value is -1.22. The van der Waals surface area contributed by atoms with Crippen LogP contribution in [0.2, 0.25) is 5.02 Å². The zero-order valence-electron chi connectivity index (χ0n) is 8.77. The van der Waals surface area contributed by atoms with Crippen molar-refractivity contribution in [3.8, 4) is 0 Å². The minimum Gasteiger partial charge on any atom is -0.480 e. The molecule has 82 valence electrons. The molecule has 1 rings (SSSR count). The monoisotopic (exact) mass is 227 g/mol. The van der Waals surface area contributed by atoms with Crippen LogP contribution in [0, 0.1) is 0 Å². The molecule has 3 nitrogen and oxygen atoms in total. The van der Waals surface area contributed by atoms with Crippen molar-refractivity contribution >= 4 is 23.3 Å². The molecule has 4 heteroatoms.